The minimum absolute atomic E-state index is 0.00185. The molecule has 290 valence electrons. The second-order valence-electron chi connectivity index (χ2n) is 13.7. The number of hydrogen-bond acceptors (Lipinski definition) is 7. The van der Waals surface area contributed by atoms with Crippen LogP contribution in [0.15, 0.2) is 12.2 Å². The molecule has 9 heteroatoms. The van der Waals surface area contributed by atoms with E-state index in [1.54, 1.807) is 6.92 Å². The fraction of sp³-hybridized carbons (Fsp3) is 0.900. The molecule has 0 fully saturated rings. The number of phosphoric acid groups is 1. The Bertz CT molecular complexity index is 818. The summed E-state index contributed by atoms with van der Waals surface area (Å²) in [7, 11) is -4.27. The largest absolute Gasteiger partial charge is 0.472 e. The molecule has 0 aliphatic rings. The Labute approximate surface area is 301 Å². The van der Waals surface area contributed by atoms with Crippen molar-refractivity contribution < 1.29 is 37.6 Å². The Morgan fingerprint density at radius 2 is 0.918 bits per heavy atom. The molecule has 0 aliphatic heterocycles. The Hall–Kier alpha value is -1.21. The summed E-state index contributed by atoms with van der Waals surface area (Å²) >= 11 is 0. The minimum atomic E-state index is -4.27. The first-order chi connectivity index (χ1) is 23.8. The van der Waals surface area contributed by atoms with E-state index in [0.717, 1.165) is 51.4 Å². The van der Waals surface area contributed by atoms with Gasteiger partial charge in [-0.05, 0) is 45.4 Å². The van der Waals surface area contributed by atoms with Crippen LogP contribution in [0.3, 0.4) is 0 Å². The third-order valence-electron chi connectivity index (χ3n) is 8.82. The average molecular weight is 717 g/mol. The highest BCUT2D eigenvalue weighted by atomic mass is 31.2. The SMILES string of the molecule is CCCCCC/C=C\CCCCCCCC(=O)OC(COC(=O)CCCCCCCCCCCCCCCCCC)COP(=O)(O)OCC. The van der Waals surface area contributed by atoms with Crippen molar-refractivity contribution in [2.24, 2.45) is 0 Å². The van der Waals surface area contributed by atoms with E-state index in [9.17, 15) is 19.0 Å². The van der Waals surface area contributed by atoms with Gasteiger partial charge in [-0.3, -0.25) is 18.6 Å². The van der Waals surface area contributed by atoms with Crippen molar-refractivity contribution in [2.45, 2.75) is 213 Å². The molecule has 1 N–H and O–H groups in total. The molecule has 49 heavy (non-hydrogen) atoms. The molecule has 0 aromatic heterocycles. The van der Waals surface area contributed by atoms with E-state index in [1.165, 1.54) is 116 Å². The minimum Gasteiger partial charge on any atom is -0.462 e. The van der Waals surface area contributed by atoms with Crippen molar-refractivity contribution >= 4 is 19.8 Å². The van der Waals surface area contributed by atoms with Crippen LogP contribution in [-0.2, 0) is 32.7 Å². The van der Waals surface area contributed by atoms with Crippen LogP contribution in [0.1, 0.15) is 207 Å². The summed E-state index contributed by atoms with van der Waals surface area (Å²) in [6, 6.07) is 0. The Kier molecular flexibility index (Phi) is 35.7. The lowest BCUT2D eigenvalue weighted by molar-refractivity contribution is -0.161. The highest BCUT2D eigenvalue weighted by Gasteiger charge is 2.25. The summed E-state index contributed by atoms with van der Waals surface area (Å²) in [6.07, 6.45) is 36.9. The van der Waals surface area contributed by atoms with Gasteiger partial charge < -0.3 is 14.4 Å². The predicted octanol–water partition coefficient (Wildman–Crippen LogP) is 12.5. The zero-order valence-corrected chi connectivity index (χ0v) is 33.0. The number of carbonyl (C=O) groups is 2. The molecule has 0 spiro atoms. The summed E-state index contributed by atoms with van der Waals surface area (Å²) < 4.78 is 32.6. The first kappa shape index (κ1) is 47.8. The Morgan fingerprint density at radius 1 is 0.531 bits per heavy atom. The van der Waals surface area contributed by atoms with Crippen LogP contribution in [0.25, 0.3) is 0 Å². The number of hydrogen-bond donors (Lipinski definition) is 1. The van der Waals surface area contributed by atoms with E-state index in [0.29, 0.717) is 12.8 Å². The topological polar surface area (TPSA) is 108 Å². The van der Waals surface area contributed by atoms with Crippen molar-refractivity contribution in [3.8, 4) is 0 Å². The van der Waals surface area contributed by atoms with Crippen LogP contribution in [-0.4, -0.2) is 42.8 Å². The van der Waals surface area contributed by atoms with Crippen LogP contribution in [0.5, 0.6) is 0 Å². The number of esters is 2. The molecule has 0 saturated heterocycles. The fourth-order valence-corrected chi connectivity index (χ4v) is 6.56. The Balaban J connectivity index is 4.08. The normalized spacial score (nSPS) is 13.5. The molecule has 0 aromatic carbocycles. The summed E-state index contributed by atoms with van der Waals surface area (Å²) in [5.41, 5.74) is 0. The third kappa shape index (κ3) is 36.4. The molecule has 0 amide bonds. The van der Waals surface area contributed by atoms with Crippen LogP contribution in [0, 0.1) is 0 Å². The maximum atomic E-state index is 12.5. The summed E-state index contributed by atoms with van der Waals surface area (Å²) in [4.78, 5) is 34.6. The van der Waals surface area contributed by atoms with Gasteiger partial charge in [0.25, 0.3) is 0 Å². The highest BCUT2D eigenvalue weighted by molar-refractivity contribution is 7.47. The standard InChI is InChI=1S/C40H77O8P/c1-4-7-9-11-13-15-17-19-20-21-23-24-26-28-30-32-34-39(41)45-36-38(37-47-49(43,44)46-6-3)48-40(42)35-33-31-29-27-25-22-18-16-14-12-10-8-5-2/h16,18,38H,4-15,17,19-37H2,1-3H3,(H,43,44)/b18-16-. The van der Waals surface area contributed by atoms with E-state index in [2.05, 4.69) is 26.0 Å². The molecule has 0 aromatic rings. The van der Waals surface area contributed by atoms with Crippen LogP contribution in [0.4, 0.5) is 0 Å². The maximum absolute atomic E-state index is 12.5. The van der Waals surface area contributed by atoms with E-state index in [-0.39, 0.29) is 25.6 Å². The van der Waals surface area contributed by atoms with Crippen molar-refractivity contribution in [1.29, 1.82) is 0 Å². The number of ether oxygens (including phenoxy) is 2. The van der Waals surface area contributed by atoms with E-state index in [4.69, 9.17) is 18.5 Å². The van der Waals surface area contributed by atoms with E-state index < -0.39 is 26.5 Å². The molecule has 0 saturated carbocycles. The quantitative estimate of drug-likeness (QED) is 0.0291. The lowest BCUT2D eigenvalue weighted by atomic mass is 10.0. The molecule has 0 rings (SSSR count). The highest BCUT2D eigenvalue weighted by Crippen LogP contribution is 2.43. The van der Waals surface area contributed by atoms with Gasteiger partial charge >= 0.3 is 19.8 Å². The molecule has 2 unspecified atom stereocenters. The molecule has 0 aliphatic carbocycles. The number of allylic oxidation sites excluding steroid dienone is 2. The van der Waals surface area contributed by atoms with Gasteiger partial charge in [-0.2, -0.15) is 0 Å². The second-order valence-corrected chi connectivity index (χ2v) is 15.1. The summed E-state index contributed by atoms with van der Waals surface area (Å²) in [5.74, 6) is -0.799. The van der Waals surface area contributed by atoms with Crippen molar-refractivity contribution in [1.82, 2.24) is 0 Å². The van der Waals surface area contributed by atoms with Gasteiger partial charge in [0.1, 0.15) is 6.61 Å². The lowest BCUT2D eigenvalue weighted by Crippen LogP contribution is -2.29. The maximum Gasteiger partial charge on any atom is 0.472 e. The number of carbonyl (C=O) groups excluding carboxylic acids is 2. The number of phosphoric ester groups is 1. The third-order valence-corrected chi connectivity index (χ3v) is 9.88. The molecular weight excluding hydrogens is 639 g/mol. The van der Waals surface area contributed by atoms with Crippen molar-refractivity contribution in [3.05, 3.63) is 12.2 Å². The first-order valence-electron chi connectivity index (χ1n) is 20.5. The second kappa shape index (κ2) is 36.6. The van der Waals surface area contributed by atoms with Crippen LogP contribution < -0.4 is 0 Å². The Morgan fingerprint density at radius 3 is 1.37 bits per heavy atom. The van der Waals surface area contributed by atoms with Crippen molar-refractivity contribution in [2.75, 3.05) is 19.8 Å². The van der Waals surface area contributed by atoms with Crippen LogP contribution in [0.2, 0.25) is 0 Å². The van der Waals surface area contributed by atoms with Crippen LogP contribution >= 0.6 is 7.82 Å². The van der Waals surface area contributed by atoms with Gasteiger partial charge in [-0.25, -0.2) is 4.57 Å². The first-order valence-corrected chi connectivity index (χ1v) is 22.0. The zero-order valence-electron chi connectivity index (χ0n) is 32.1. The summed E-state index contributed by atoms with van der Waals surface area (Å²) in [6.45, 7) is 5.47. The smallest absolute Gasteiger partial charge is 0.462 e. The predicted molar refractivity (Wildman–Crippen MR) is 203 cm³/mol. The molecular formula is C40H77O8P. The molecule has 0 heterocycles. The van der Waals surface area contributed by atoms with Crippen molar-refractivity contribution in [3.63, 3.8) is 0 Å². The van der Waals surface area contributed by atoms with Gasteiger partial charge in [0.05, 0.1) is 13.2 Å². The number of rotatable bonds is 38. The van der Waals surface area contributed by atoms with Gasteiger partial charge in [-0.15, -0.1) is 0 Å². The molecule has 0 bridgehead atoms. The molecule has 2 atom stereocenters. The molecule has 8 nitrogen and oxygen atoms in total. The zero-order chi connectivity index (χ0) is 36.1. The van der Waals surface area contributed by atoms with Gasteiger partial charge in [0.15, 0.2) is 6.10 Å². The summed E-state index contributed by atoms with van der Waals surface area (Å²) in [5, 5.41) is 0. The fourth-order valence-electron chi connectivity index (χ4n) is 5.80. The monoisotopic (exact) mass is 717 g/mol. The average Bonchev–Trinajstić information content (AvgIpc) is 3.07. The van der Waals surface area contributed by atoms with Gasteiger partial charge in [0, 0.05) is 12.8 Å². The van der Waals surface area contributed by atoms with E-state index in [1.807, 2.05) is 0 Å². The lowest BCUT2D eigenvalue weighted by Gasteiger charge is -2.19. The van der Waals surface area contributed by atoms with E-state index >= 15 is 0 Å². The van der Waals surface area contributed by atoms with Gasteiger partial charge in [0.2, 0.25) is 0 Å². The number of unbranched alkanes of at least 4 members (excludes halogenated alkanes) is 24. The van der Waals surface area contributed by atoms with Gasteiger partial charge in [-0.1, -0.05) is 161 Å². The molecule has 0 radical (unpaired) electrons.